The molecule has 2 heterocycles. The Morgan fingerprint density at radius 3 is 3.07 bits per heavy atom. The summed E-state index contributed by atoms with van der Waals surface area (Å²) in [6.07, 6.45) is 2.86. The van der Waals surface area contributed by atoms with Crippen molar-refractivity contribution in [1.29, 1.82) is 0 Å². The van der Waals surface area contributed by atoms with Crippen LogP contribution in [0.3, 0.4) is 0 Å². The van der Waals surface area contributed by atoms with E-state index in [2.05, 4.69) is 16.4 Å². The predicted octanol–water partition coefficient (Wildman–Crippen LogP) is 1.24. The van der Waals surface area contributed by atoms with Crippen molar-refractivity contribution in [3.63, 3.8) is 0 Å². The van der Waals surface area contributed by atoms with Gasteiger partial charge >= 0.3 is 0 Å². The van der Waals surface area contributed by atoms with Crippen molar-refractivity contribution in [2.24, 2.45) is 5.92 Å². The first-order valence-electron chi connectivity index (χ1n) is 5.17. The second-order valence-corrected chi connectivity index (χ2v) is 3.63. The van der Waals surface area contributed by atoms with Gasteiger partial charge < -0.3 is 10.1 Å². The Hall–Kier alpha value is -1.09. The van der Waals surface area contributed by atoms with E-state index in [4.69, 9.17) is 4.74 Å². The molecule has 0 unspecified atom stereocenters. The SMILES string of the molecule is CCOc1ncccc1CC1CNC1. The number of nitrogens with zero attached hydrogens (tertiary/aromatic N) is 1. The van der Waals surface area contributed by atoms with E-state index in [-0.39, 0.29) is 0 Å². The Kier molecular flexibility index (Phi) is 2.99. The molecule has 0 aromatic carbocycles. The van der Waals surface area contributed by atoms with Gasteiger partial charge in [-0.25, -0.2) is 4.98 Å². The summed E-state index contributed by atoms with van der Waals surface area (Å²) in [4.78, 5) is 4.24. The van der Waals surface area contributed by atoms with Gasteiger partial charge in [-0.05, 0) is 38.4 Å². The van der Waals surface area contributed by atoms with Crippen LogP contribution in [-0.2, 0) is 6.42 Å². The van der Waals surface area contributed by atoms with Crippen molar-refractivity contribution in [3.05, 3.63) is 23.9 Å². The summed E-state index contributed by atoms with van der Waals surface area (Å²) >= 11 is 0. The van der Waals surface area contributed by atoms with E-state index in [1.165, 1.54) is 5.56 Å². The topological polar surface area (TPSA) is 34.1 Å². The van der Waals surface area contributed by atoms with Crippen LogP contribution in [0, 0.1) is 5.92 Å². The Labute approximate surface area is 84.5 Å². The van der Waals surface area contributed by atoms with Crippen LogP contribution >= 0.6 is 0 Å². The first kappa shape index (κ1) is 9.46. The molecule has 1 aliphatic rings. The van der Waals surface area contributed by atoms with E-state index >= 15 is 0 Å². The van der Waals surface area contributed by atoms with Gasteiger partial charge in [0.15, 0.2) is 0 Å². The second-order valence-electron chi connectivity index (χ2n) is 3.63. The predicted molar refractivity (Wildman–Crippen MR) is 55.5 cm³/mol. The summed E-state index contributed by atoms with van der Waals surface area (Å²) < 4.78 is 5.47. The number of aromatic nitrogens is 1. The molecular weight excluding hydrogens is 176 g/mol. The van der Waals surface area contributed by atoms with Crippen molar-refractivity contribution < 1.29 is 4.74 Å². The molecule has 3 nitrogen and oxygen atoms in total. The van der Waals surface area contributed by atoms with E-state index < -0.39 is 0 Å². The van der Waals surface area contributed by atoms with Crippen molar-refractivity contribution in [3.8, 4) is 5.88 Å². The maximum atomic E-state index is 5.47. The molecule has 1 saturated heterocycles. The zero-order chi connectivity index (χ0) is 9.80. The molecule has 3 heteroatoms. The fourth-order valence-electron chi connectivity index (χ4n) is 1.65. The molecule has 0 radical (unpaired) electrons. The summed E-state index contributed by atoms with van der Waals surface area (Å²) in [7, 11) is 0. The zero-order valence-electron chi connectivity index (χ0n) is 8.49. The van der Waals surface area contributed by atoms with Crippen molar-refractivity contribution in [1.82, 2.24) is 10.3 Å². The van der Waals surface area contributed by atoms with E-state index in [0.717, 1.165) is 31.3 Å². The third-order valence-electron chi connectivity index (χ3n) is 2.51. The molecule has 0 spiro atoms. The maximum Gasteiger partial charge on any atom is 0.216 e. The Bertz CT molecular complexity index is 297. The minimum atomic E-state index is 0.687. The van der Waals surface area contributed by atoms with Gasteiger partial charge in [-0.2, -0.15) is 0 Å². The van der Waals surface area contributed by atoms with Crippen LogP contribution in [0.4, 0.5) is 0 Å². The summed E-state index contributed by atoms with van der Waals surface area (Å²) in [5.41, 5.74) is 1.24. The number of hydrogen-bond acceptors (Lipinski definition) is 3. The minimum Gasteiger partial charge on any atom is -0.478 e. The van der Waals surface area contributed by atoms with E-state index in [1.807, 2.05) is 13.0 Å². The Balaban J connectivity index is 2.05. The number of pyridine rings is 1. The highest BCUT2D eigenvalue weighted by Gasteiger charge is 2.18. The molecular formula is C11H16N2O. The van der Waals surface area contributed by atoms with Crippen LogP contribution in [0.15, 0.2) is 18.3 Å². The van der Waals surface area contributed by atoms with Gasteiger partial charge in [0.05, 0.1) is 6.61 Å². The molecule has 0 atom stereocenters. The highest BCUT2D eigenvalue weighted by atomic mass is 16.5. The second kappa shape index (κ2) is 4.42. The number of nitrogens with one attached hydrogen (secondary N) is 1. The Morgan fingerprint density at radius 1 is 1.57 bits per heavy atom. The third-order valence-corrected chi connectivity index (χ3v) is 2.51. The van der Waals surface area contributed by atoms with Gasteiger partial charge in [0.1, 0.15) is 0 Å². The van der Waals surface area contributed by atoms with Gasteiger partial charge in [-0.3, -0.25) is 0 Å². The molecule has 0 aliphatic carbocycles. The average Bonchev–Trinajstić information content (AvgIpc) is 2.14. The monoisotopic (exact) mass is 192 g/mol. The average molecular weight is 192 g/mol. The summed E-state index contributed by atoms with van der Waals surface area (Å²) in [5, 5.41) is 3.27. The molecule has 0 bridgehead atoms. The van der Waals surface area contributed by atoms with Crippen molar-refractivity contribution >= 4 is 0 Å². The molecule has 0 amide bonds. The van der Waals surface area contributed by atoms with Crippen molar-refractivity contribution in [2.45, 2.75) is 13.3 Å². The van der Waals surface area contributed by atoms with Crippen LogP contribution in [-0.4, -0.2) is 24.7 Å². The lowest BCUT2D eigenvalue weighted by Crippen LogP contribution is -2.43. The molecule has 2 rings (SSSR count). The fraction of sp³-hybridized carbons (Fsp3) is 0.545. The normalized spacial score (nSPS) is 16.4. The van der Waals surface area contributed by atoms with Crippen LogP contribution in [0.5, 0.6) is 5.88 Å². The number of ether oxygens (including phenoxy) is 1. The van der Waals surface area contributed by atoms with Gasteiger partial charge in [-0.15, -0.1) is 0 Å². The van der Waals surface area contributed by atoms with Crippen LogP contribution in [0.1, 0.15) is 12.5 Å². The maximum absolute atomic E-state index is 5.47. The van der Waals surface area contributed by atoms with Crippen LogP contribution < -0.4 is 10.1 Å². The fourth-order valence-corrected chi connectivity index (χ4v) is 1.65. The van der Waals surface area contributed by atoms with E-state index in [9.17, 15) is 0 Å². The molecule has 1 fully saturated rings. The standard InChI is InChI=1S/C11H16N2O/c1-2-14-11-10(4-3-5-13-11)6-9-7-12-8-9/h3-5,9,12H,2,6-8H2,1H3. The molecule has 0 saturated carbocycles. The van der Waals surface area contributed by atoms with Crippen molar-refractivity contribution in [2.75, 3.05) is 19.7 Å². The first-order chi connectivity index (χ1) is 6.90. The lowest BCUT2D eigenvalue weighted by atomic mass is 9.95. The minimum absolute atomic E-state index is 0.687. The zero-order valence-corrected chi connectivity index (χ0v) is 8.49. The van der Waals surface area contributed by atoms with E-state index in [0.29, 0.717) is 6.61 Å². The highest BCUT2D eigenvalue weighted by Crippen LogP contribution is 2.20. The Morgan fingerprint density at radius 2 is 2.43 bits per heavy atom. The lowest BCUT2D eigenvalue weighted by Gasteiger charge is -2.27. The first-order valence-corrected chi connectivity index (χ1v) is 5.17. The van der Waals surface area contributed by atoms with Gasteiger partial charge in [0.25, 0.3) is 0 Å². The summed E-state index contributed by atoms with van der Waals surface area (Å²) in [5.74, 6) is 1.57. The smallest absolute Gasteiger partial charge is 0.216 e. The van der Waals surface area contributed by atoms with Gasteiger partial charge in [0.2, 0.25) is 5.88 Å². The highest BCUT2D eigenvalue weighted by molar-refractivity contribution is 5.26. The summed E-state index contributed by atoms with van der Waals surface area (Å²) in [6, 6.07) is 4.08. The molecule has 1 aromatic rings. The lowest BCUT2D eigenvalue weighted by molar-refractivity contribution is 0.309. The largest absolute Gasteiger partial charge is 0.478 e. The van der Waals surface area contributed by atoms with E-state index in [1.54, 1.807) is 6.20 Å². The molecule has 76 valence electrons. The molecule has 1 aromatic heterocycles. The quantitative estimate of drug-likeness (QED) is 0.779. The van der Waals surface area contributed by atoms with Crippen LogP contribution in [0.2, 0.25) is 0 Å². The van der Waals surface area contributed by atoms with Gasteiger partial charge in [-0.1, -0.05) is 6.07 Å². The molecule has 14 heavy (non-hydrogen) atoms. The van der Waals surface area contributed by atoms with Gasteiger partial charge in [0, 0.05) is 11.8 Å². The van der Waals surface area contributed by atoms with Crippen LogP contribution in [0.25, 0.3) is 0 Å². The number of rotatable bonds is 4. The summed E-state index contributed by atoms with van der Waals surface area (Å²) in [6.45, 7) is 4.93. The number of hydrogen-bond donors (Lipinski definition) is 1. The third kappa shape index (κ3) is 2.04. The molecule has 1 N–H and O–H groups in total. The molecule has 1 aliphatic heterocycles.